The molecule has 0 fully saturated rings. The summed E-state index contributed by atoms with van der Waals surface area (Å²) in [6, 6.07) is 65.8. The second kappa shape index (κ2) is 12.5. The number of fused-ring (bicyclic) bond motifs is 3. The Morgan fingerprint density at radius 3 is 1.39 bits per heavy atom. The average Bonchev–Trinajstić information content (AvgIpc) is 3.77. The zero-order valence-corrected chi connectivity index (χ0v) is 27.9. The van der Waals surface area contributed by atoms with Crippen molar-refractivity contribution in [2.24, 2.45) is 0 Å². The molecular weight excluding hydrogens is 623 g/mol. The Bertz CT molecular complexity index is 2520. The van der Waals surface area contributed by atoms with Gasteiger partial charge in [-0.1, -0.05) is 91.0 Å². The van der Waals surface area contributed by atoms with E-state index < -0.39 is 0 Å². The first-order valence-corrected chi connectivity index (χ1v) is 17.1. The van der Waals surface area contributed by atoms with Gasteiger partial charge in [-0.05, 0) is 108 Å². The number of nitrogen functional groups attached to an aromatic ring is 2. The first-order chi connectivity index (χ1) is 25.1. The Morgan fingerprint density at radius 2 is 0.843 bits per heavy atom. The maximum absolute atomic E-state index is 6.08. The zero-order valence-electron chi connectivity index (χ0n) is 27.9. The highest BCUT2D eigenvalue weighted by Crippen LogP contribution is 2.43. The van der Waals surface area contributed by atoms with Crippen LogP contribution in [0.4, 0.5) is 28.4 Å². The Balaban J connectivity index is 1.25. The molecule has 244 valence electrons. The molecule has 0 aliphatic rings. The fraction of sp³-hybridized carbons (Fsp3) is 0. The Kier molecular flexibility index (Phi) is 7.37. The second-order valence-electron chi connectivity index (χ2n) is 12.7. The van der Waals surface area contributed by atoms with Crippen LogP contribution in [0.1, 0.15) is 0 Å². The molecule has 7 aromatic carbocycles. The molecule has 5 nitrogen and oxygen atoms in total. The first kappa shape index (κ1) is 30.1. The van der Waals surface area contributed by atoms with Crippen LogP contribution in [0.15, 0.2) is 188 Å². The molecule has 9 aromatic rings. The molecule has 0 aliphatic heterocycles. The summed E-state index contributed by atoms with van der Waals surface area (Å²) in [5.74, 6) is 0. The Morgan fingerprint density at radius 1 is 0.373 bits per heavy atom. The summed E-state index contributed by atoms with van der Waals surface area (Å²) in [6.45, 7) is 0. The molecular formula is C46H35N5. The van der Waals surface area contributed by atoms with Gasteiger partial charge in [0.1, 0.15) is 0 Å². The molecule has 4 N–H and O–H groups in total. The van der Waals surface area contributed by atoms with Crippen molar-refractivity contribution in [1.82, 2.24) is 9.13 Å². The lowest BCUT2D eigenvalue weighted by Crippen LogP contribution is -2.11. The van der Waals surface area contributed by atoms with Crippen molar-refractivity contribution in [1.29, 1.82) is 0 Å². The molecule has 0 unspecified atom stereocenters. The summed E-state index contributed by atoms with van der Waals surface area (Å²) in [4.78, 5) is 2.35. The van der Waals surface area contributed by atoms with Crippen molar-refractivity contribution in [2.45, 2.75) is 0 Å². The van der Waals surface area contributed by atoms with Gasteiger partial charge in [0.25, 0.3) is 0 Å². The number of anilines is 5. The van der Waals surface area contributed by atoms with Crippen LogP contribution in [0.3, 0.4) is 0 Å². The van der Waals surface area contributed by atoms with Crippen LogP contribution in [-0.4, -0.2) is 9.13 Å². The van der Waals surface area contributed by atoms with E-state index in [4.69, 9.17) is 11.5 Å². The number of nitrogens with zero attached hydrogens (tertiary/aromatic N) is 3. The van der Waals surface area contributed by atoms with Crippen molar-refractivity contribution in [3.05, 3.63) is 188 Å². The molecule has 0 radical (unpaired) electrons. The molecule has 51 heavy (non-hydrogen) atoms. The van der Waals surface area contributed by atoms with Crippen LogP contribution < -0.4 is 16.4 Å². The lowest BCUT2D eigenvalue weighted by atomic mass is 10.1. The minimum atomic E-state index is 0.739. The van der Waals surface area contributed by atoms with Gasteiger partial charge in [-0.25, -0.2) is 0 Å². The Labute approximate surface area is 296 Å². The number of aromatic nitrogens is 2. The zero-order chi connectivity index (χ0) is 34.3. The van der Waals surface area contributed by atoms with Crippen LogP contribution in [0.5, 0.6) is 0 Å². The van der Waals surface area contributed by atoms with Gasteiger partial charge in [0.2, 0.25) is 0 Å². The maximum Gasteiger partial charge on any atom is 0.0782 e. The standard InChI is InChI=1S/C46H35N5/c47-34-22-18-32(19-23-34)42-30-31-43(33-20-24-35(48)25-21-33)50(42)38-26-28-39(29-27-38)51-44-16-8-7-14-40(44)41-15-9-17-45(46(41)51)49(36-10-3-1-4-11-36)37-12-5-2-6-13-37/h1-31H,47-48H2. The molecule has 0 amide bonds. The van der Waals surface area contributed by atoms with Crippen LogP contribution in [0.2, 0.25) is 0 Å². The summed E-state index contributed by atoms with van der Waals surface area (Å²) in [5, 5.41) is 2.41. The minimum Gasteiger partial charge on any atom is -0.399 e. The van der Waals surface area contributed by atoms with E-state index in [-0.39, 0.29) is 0 Å². The van der Waals surface area contributed by atoms with Crippen molar-refractivity contribution < 1.29 is 0 Å². The molecule has 0 spiro atoms. The van der Waals surface area contributed by atoms with Gasteiger partial charge in [0, 0.05) is 44.9 Å². The number of hydrogen-bond acceptors (Lipinski definition) is 3. The summed E-state index contributed by atoms with van der Waals surface area (Å²) in [5.41, 5.74) is 25.7. The van der Waals surface area contributed by atoms with Gasteiger partial charge >= 0.3 is 0 Å². The Hall–Kier alpha value is -6.98. The number of hydrogen-bond donors (Lipinski definition) is 2. The predicted molar refractivity (Wildman–Crippen MR) is 214 cm³/mol. The normalized spacial score (nSPS) is 11.3. The summed E-state index contributed by atoms with van der Waals surface area (Å²) in [6.07, 6.45) is 0. The fourth-order valence-corrected chi connectivity index (χ4v) is 7.25. The second-order valence-corrected chi connectivity index (χ2v) is 12.7. The molecule has 0 saturated heterocycles. The maximum atomic E-state index is 6.08. The average molecular weight is 658 g/mol. The first-order valence-electron chi connectivity index (χ1n) is 17.1. The third-order valence-electron chi connectivity index (χ3n) is 9.60. The van der Waals surface area contributed by atoms with Gasteiger partial charge in [0.15, 0.2) is 0 Å². The number of benzene rings is 7. The van der Waals surface area contributed by atoms with E-state index >= 15 is 0 Å². The lowest BCUT2D eigenvalue weighted by Gasteiger charge is -2.27. The van der Waals surface area contributed by atoms with Crippen molar-refractivity contribution >= 4 is 50.2 Å². The molecule has 2 aromatic heterocycles. The van der Waals surface area contributed by atoms with Gasteiger partial charge in [-0.3, -0.25) is 0 Å². The van der Waals surface area contributed by atoms with Crippen LogP contribution >= 0.6 is 0 Å². The van der Waals surface area contributed by atoms with Gasteiger partial charge in [-0.2, -0.15) is 0 Å². The quantitative estimate of drug-likeness (QED) is 0.168. The van der Waals surface area contributed by atoms with Crippen molar-refractivity contribution in [3.63, 3.8) is 0 Å². The van der Waals surface area contributed by atoms with Gasteiger partial charge in [0.05, 0.1) is 28.1 Å². The molecule has 2 heterocycles. The van der Waals surface area contributed by atoms with Crippen LogP contribution in [-0.2, 0) is 0 Å². The number of nitrogens with two attached hydrogens (primary N) is 2. The van der Waals surface area contributed by atoms with E-state index in [2.05, 4.69) is 178 Å². The van der Waals surface area contributed by atoms with Gasteiger partial charge < -0.3 is 25.5 Å². The van der Waals surface area contributed by atoms with E-state index in [1.165, 1.54) is 10.8 Å². The molecule has 0 aliphatic carbocycles. The number of rotatable bonds is 7. The predicted octanol–water partition coefficient (Wildman–Crippen LogP) is 11.5. The highest BCUT2D eigenvalue weighted by molar-refractivity contribution is 6.14. The summed E-state index contributed by atoms with van der Waals surface area (Å²) >= 11 is 0. The van der Waals surface area contributed by atoms with E-state index in [1.807, 2.05) is 24.3 Å². The van der Waals surface area contributed by atoms with E-state index in [9.17, 15) is 0 Å². The van der Waals surface area contributed by atoms with Crippen molar-refractivity contribution in [3.8, 4) is 33.9 Å². The van der Waals surface area contributed by atoms with Crippen LogP contribution in [0.25, 0.3) is 55.7 Å². The lowest BCUT2D eigenvalue weighted by molar-refractivity contribution is 1.08. The monoisotopic (exact) mass is 657 g/mol. The van der Waals surface area contributed by atoms with E-state index in [0.29, 0.717) is 0 Å². The molecule has 9 rings (SSSR count). The topological polar surface area (TPSA) is 65.1 Å². The highest BCUT2D eigenvalue weighted by atomic mass is 15.2. The third-order valence-corrected chi connectivity index (χ3v) is 9.60. The smallest absolute Gasteiger partial charge is 0.0782 e. The van der Waals surface area contributed by atoms with Gasteiger partial charge in [-0.15, -0.1) is 0 Å². The molecule has 5 heteroatoms. The highest BCUT2D eigenvalue weighted by Gasteiger charge is 2.21. The SMILES string of the molecule is Nc1ccc(-c2ccc(-c3ccc(N)cc3)n2-c2ccc(-n3c4ccccc4c4cccc(N(c5ccccc5)c5ccccc5)c43)cc2)cc1. The minimum absolute atomic E-state index is 0.739. The van der Waals surface area contributed by atoms with Crippen LogP contribution in [0, 0.1) is 0 Å². The summed E-state index contributed by atoms with van der Waals surface area (Å²) < 4.78 is 4.71. The largest absolute Gasteiger partial charge is 0.399 e. The number of para-hydroxylation sites is 4. The van der Waals surface area contributed by atoms with E-state index in [0.717, 1.165) is 73.4 Å². The summed E-state index contributed by atoms with van der Waals surface area (Å²) in [7, 11) is 0. The van der Waals surface area contributed by atoms with Crippen molar-refractivity contribution in [2.75, 3.05) is 16.4 Å². The van der Waals surface area contributed by atoms with E-state index in [1.54, 1.807) is 0 Å². The molecule has 0 bridgehead atoms. The third kappa shape index (κ3) is 5.29. The fourth-order valence-electron chi connectivity index (χ4n) is 7.25. The molecule has 0 saturated carbocycles. The molecule has 0 atom stereocenters.